The van der Waals surface area contributed by atoms with E-state index in [4.69, 9.17) is 4.74 Å². The van der Waals surface area contributed by atoms with E-state index in [1.165, 1.54) is 12.5 Å². The van der Waals surface area contributed by atoms with Gasteiger partial charge in [-0.15, -0.1) is 0 Å². The molecule has 3 aromatic rings. The van der Waals surface area contributed by atoms with Crippen molar-refractivity contribution in [3.63, 3.8) is 0 Å². The molecule has 4 rings (SSSR count). The lowest BCUT2D eigenvalue weighted by Crippen LogP contribution is -2.33. The highest BCUT2D eigenvalue weighted by Gasteiger charge is 2.24. The molecule has 1 N–H and O–H groups in total. The Hall–Kier alpha value is -3.55. The third-order valence-electron chi connectivity index (χ3n) is 4.55. The molecule has 2 aromatic heterocycles. The van der Waals surface area contributed by atoms with Gasteiger partial charge in [-0.25, -0.2) is 15.0 Å². The summed E-state index contributed by atoms with van der Waals surface area (Å²) in [7, 11) is 0. The first-order valence-corrected chi connectivity index (χ1v) is 8.87. The molecular weight excluding hydrogens is 358 g/mol. The molecule has 8 heteroatoms. The zero-order valence-corrected chi connectivity index (χ0v) is 15.6. The fourth-order valence-corrected chi connectivity index (χ4v) is 3.20. The van der Waals surface area contributed by atoms with Crippen molar-refractivity contribution in [2.75, 3.05) is 13.2 Å². The number of phenolic OH excluding ortho intramolecular Hbond substituents is 1. The van der Waals surface area contributed by atoms with Gasteiger partial charge in [-0.05, 0) is 32.0 Å². The van der Waals surface area contributed by atoms with E-state index in [2.05, 4.69) is 19.9 Å². The summed E-state index contributed by atoms with van der Waals surface area (Å²) in [5.41, 5.74) is 3.98. The van der Waals surface area contributed by atoms with Gasteiger partial charge in [-0.1, -0.05) is 0 Å². The quantitative estimate of drug-likeness (QED) is 0.731. The first-order valence-electron chi connectivity index (χ1n) is 8.87. The second kappa shape index (κ2) is 7.22. The lowest BCUT2D eigenvalue weighted by molar-refractivity contribution is 0.0727. The first kappa shape index (κ1) is 17.8. The van der Waals surface area contributed by atoms with Crippen molar-refractivity contribution in [3.8, 4) is 22.8 Å². The zero-order valence-electron chi connectivity index (χ0n) is 15.6. The molecule has 0 saturated heterocycles. The lowest BCUT2D eigenvalue weighted by atomic mass is 10.0. The molecule has 0 radical (unpaired) electrons. The van der Waals surface area contributed by atoms with Crippen LogP contribution < -0.4 is 4.74 Å². The average molecular weight is 377 g/mol. The van der Waals surface area contributed by atoms with Crippen LogP contribution in [0, 0.1) is 13.8 Å². The summed E-state index contributed by atoms with van der Waals surface area (Å²) < 4.78 is 5.73. The Balaban J connectivity index is 1.72. The van der Waals surface area contributed by atoms with Crippen LogP contribution in [0.3, 0.4) is 0 Å². The smallest absolute Gasteiger partial charge is 0.272 e. The number of aromatic hydroxyl groups is 1. The maximum absolute atomic E-state index is 12.8. The molecule has 0 unspecified atom stereocenters. The maximum atomic E-state index is 12.8. The number of rotatable bonds is 2. The van der Waals surface area contributed by atoms with Crippen LogP contribution >= 0.6 is 0 Å². The van der Waals surface area contributed by atoms with Crippen molar-refractivity contribution in [1.82, 2.24) is 24.8 Å². The normalized spacial score (nSPS) is 13.4. The Kier molecular flexibility index (Phi) is 4.60. The van der Waals surface area contributed by atoms with Crippen molar-refractivity contribution >= 4 is 5.91 Å². The second-order valence-corrected chi connectivity index (χ2v) is 6.60. The number of fused-ring (bicyclic) bond motifs is 1. The molecule has 0 bridgehead atoms. The van der Waals surface area contributed by atoms with Gasteiger partial charge in [0, 0.05) is 30.1 Å². The van der Waals surface area contributed by atoms with Gasteiger partial charge in [-0.3, -0.25) is 9.78 Å². The van der Waals surface area contributed by atoms with Crippen molar-refractivity contribution < 1.29 is 14.6 Å². The number of aryl methyl sites for hydroxylation is 2. The van der Waals surface area contributed by atoms with E-state index in [9.17, 15) is 9.90 Å². The van der Waals surface area contributed by atoms with E-state index in [-0.39, 0.29) is 24.8 Å². The number of carbonyl (C=O) groups is 1. The van der Waals surface area contributed by atoms with Crippen LogP contribution in [0.5, 0.6) is 11.5 Å². The molecule has 1 aliphatic heterocycles. The Morgan fingerprint density at radius 2 is 2.11 bits per heavy atom. The number of carbonyl (C=O) groups excluding carboxylic acids is 1. The third kappa shape index (κ3) is 3.36. The minimum absolute atomic E-state index is 0.0199. The Labute approximate surface area is 161 Å². The molecule has 0 fully saturated rings. The Morgan fingerprint density at radius 3 is 2.89 bits per heavy atom. The number of phenols is 1. The Bertz CT molecular complexity index is 1040. The number of benzene rings is 1. The summed E-state index contributed by atoms with van der Waals surface area (Å²) in [4.78, 5) is 31.2. The predicted molar refractivity (Wildman–Crippen MR) is 101 cm³/mol. The zero-order chi connectivity index (χ0) is 19.7. The third-order valence-corrected chi connectivity index (χ3v) is 4.55. The molecule has 0 spiro atoms. The summed E-state index contributed by atoms with van der Waals surface area (Å²) in [5.74, 6) is 0.196. The monoisotopic (exact) mass is 377 g/mol. The number of hydrogen-bond donors (Lipinski definition) is 1. The van der Waals surface area contributed by atoms with Gasteiger partial charge in [0.2, 0.25) is 0 Å². The van der Waals surface area contributed by atoms with Crippen LogP contribution in [0.1, 0.15) is 27.4 Å². The van der Waals surface area contributed by atoms with E-state index in [0.717, 1.165) is 17.0 Å². The molecule has 3 heterocycles. The molecule has 28 heavy (non-hydrogen) atoms. The maximum Gasteiger partial charge on any atom is 0.272 e. The molecule has 1 amide bonds. The van der Waals surface area contributed by atoms with Crippen LogP contribution in [0.15, 0.2) is 36.9 Å². The fraction of sp³-hybridized carbons (Fsp3) is 0.250. The highest BCUT2D eigenvalue weighted by molar-refractivity contribution is 5.92. The van der Waals surface area contributed by atoms with E-state index < -0.39 is 0 Å². The SMILES string of the molecule is Cc1cnc(C)c(-c2cc(O)c3c(c2)CN(C(=O)c2ccncn2)CCO3)n1. The van der Waals surface area contributed by atoms with Gasteiger partial charge in [0.05, 0.1) is 23.6 Å². The largest absolute Gasteiger partial charge is 0.504 e. The average Bonchev–Trinajstić information content (AvgIpc) is 2.93. The highest BCUT2D eigenvalue weighted by atomic mass is 16.5. The lowest BCUT2D eigenvalue weighted by Gasteiger charge is -2.19. The van der Waals surface area contributed by atoms with Crippen molar-refractivity contribution in [1.29, 1.82) is 0 Å². The van der Waals surface area contributed by atoms with Gasteiger partial charge in [0.25, 0.3) is 5.91 Å². The topological polar surface area (TPSA) is 101 Å². The van der Waals surface area contributed by atoms with Gasteiger partial charge in [-0.2, -0.15) is 0 Å². The molecule has 0 saturated carbocycles. The number of amides is 1. The molecule has 8 nitrogen and oxygen atoms in total. The molecule has 0 atom stereocenters. The van der Waals surface area contributed by atoms with E-state index >= 15 is 0 Å². The predicted octanol–water partition coefficient (Wildman–Crippen LogP) is 2.29. The number of nitrogens with zero attached hydrogens (tertiary/aromatic N) is 5. The van der Waals surface area contributed by atoms with Gasteiger partial charge in [0.15, 0.2) is 11.5 Å². The first-order chi connectivity index (χ1) is 13.5. The van der Waals surface area contributed by atoms with Gasteiger partial charge >= 0.3 is 0 Å². The number of ether oxygens (including phenoxy) is 1. The minimum Gasteiger partial charge on any atom is -0.504 e. The van der Waals surface area contributed by atoms with Crippen LogP contribution in [-0.2, 0) is 6.54 Å². The second-order valence-electron chi connectivity index (χ2n) is 6.60. The molecule has 1 aliphatic rings. The van der Waals surface area contributed by atoms with E-state index in [1.807, 2.05) is 19.9 Å². The number of aromatic nitrogens is 4. The van der Waals surface area contributed by atoms with E-state index in [0.29, 0.717) is 29.2 Å². The Morgan fingerprint density at radius 1 is 1.25 bits per heavy atom. The summed E-state index contributed by atoms with van der Waals surface area (Å²) in [6.07, 6.45) is 4.58. The standard InChI is InChI=1S/C20H19N5O3/c1-12-9-22-13(2)18(24-12)14-7-15-10-25(5-6-28-19(15)17(26)8-14)20(27)16-3-4-21-11-23-16/h3-4,7-9,11,26H,5-6,10H2,1-2H3. The minimum atomic E-state index is -0.213. The molecular formula is C20H19N5O3. The van der Waals surface area contributed by atoms with Crippen LogP contribution in [0.25, 0.3) is 11.3 Å². The fourth-order valence-electron chi connectivity index (χ4n) is 3.20. The van der Waals surface area contributed by atoms with Crippen molar-refractivity contribution in [2.45, 2.75) is 20.4 Å². The van der Waals surface area contributed by atoms with E-state index in [1.54, 1.807) is 23.2 Å². The molecule has 1 aromatic carbocycles. The summed E-state index contributed by atoms with van der Waals surface area (Å²) in [6, 6.07) is 5.09. The molecule has 142 valence electrons. The van der Waals surface area contributed by atoms with Gasteiger partial charge in [0.1, 0.15) is 18.6 Å². The van der Waals surface area contributed by atoms with Crippen molar-refractivity contribution in [3.05, 3.63) is 59.6 Å². The summed E-state index contributed by atoms with van der Waals surface area (Å²) >= 11 is 0. The highest BCUT2D eigenvalue weighted by Crippen LogP contribution is 2.37. The van der Waals surface area contributed by atoms with Crippen LogP contribution in [0.4, 0.5) is 0 Å². The van der Waals surface area contributed by atoms with Crippen molar-refractivity contribution in [2.24, 2.45) is 0 Å². The van der Waals surface area contributed by atoms with Gasteiger partial charge < -0.3 is 14.7 Å². The summed E-state index contributed by atoms with van der Waals surface area (Å²) in [6.45, 7) is 4.68. The van der Waals surface area contributed by atoms with Crippen LogP contribution in [0.2, 0.25) is 0 Å². The molecule has 0 aliphatic carbocycles. The summed E-state index contributed by atoms with van der Waals surface area (Å²) in [5, 5.41) is 10.5. The van der Waals surface area contributed by atoms with Crippen LogP contribution in [-0.4, -0.2) is 49.0 Å². The number of hydrogen-bond acceptors (Lipinski definition) is 7.